The summed E-state index contributed by atoms with van der Waals surface area (Å²) in [6, 6.07) is 2.78. The van der Waals surface area contributed by atoms with Crippen LogP contribution in [0, 0.1) is 0 Å². The van der Waals surface area contributed by atoms with Gasteiger partial charge in [0.25, 0.3) is 10.0 Å². The van der Waals surface area contributed by atoms with Crippen molar-refractivity contribution in [2.45, 2.75) is 43.5 Å². The maximum Gasteiger partial charge on any atom is 0.273 e. The van der Waals surface area contributed by atoms with Crippen LogP contribution < -0.4 is 4.72 Å². The lowest BCUT2D eigenvalue weighted by atomic mass is 10.1. The van der Waals surface area contributed by atoms with Crippen molar-refractivity contribution in [3.05, 3.63) is 17.9 Å². The maximum absolute atomic E-state index is 11.9. The molecule has 1 unspecified atom stereocenters. The van der Waals surface area contributed by atoms with Gasteiger partial charge in [-0.2, -0.15) is 0 Å². The highest BCUT2D eigenvalue weighted by atomic mass is 32.2. The van der Waals surface area contributed by atoms with E-state index in [0.717, 1.165) is 25.9 Å². The average Bonchev–Trinajstić information content (AvgIpc) is 2.89. The maximum atomic E-state index is 11.9. The van der Waals surface area contributed by atoms with Crippen molar-refractivity contribution in [3.63, 3.8) is 0 Å². The van der Waals surface area contributed by atoms with Crippen molar-refractivity contribution < 1.29 is 22.7 Å². The van der Waals surface area contributed by atoms with Gasteiger partial charge in [0.05, 0.1) is 6.10 Å². The predicted octanol–water partition coefficient (Wildman–Crippen LogP) is 1.01. The molecule has 0 aliphatic carbocycles. The minimum atomic E-state index is -3.63. The molecule has 0 spiro atoms. The van der Waals surface area contributed by atoms with E-state index in [0.29, 0.717) is 13.0 Å². The highest BCUT2D eigenvalue weighted by Gasteiger charge is 2.20. The lowest BCUT2D eigenvalue weighted by Crippen LogP contribution is -2.29. The molecule has 108 valence electrons. The average molecular weight is 289 g/mol. The Morgan fingerprint density at radius 2 is 2.21 bits per heavy atom. The Morgan fingerprint density at radius 3 is 2.84 bits per heavy atom. The Hall–Kier alpha value is -0.890. The molecule has 1 saturated heterocycles. The molecule has 1 aromatic heterocycles. The van der Waals surface area contributed by atoms with Gasteiger partial charge in [0.2, 0.25) is 5.09 Å². The van der Waals surface area contributed by atoms with Gasteiger partial charge in [0.1, 0.15) is 12.4 Å². The number of hydrogen-bond donors (Lipinski definition) is 2. The lowest BCUT2D eigenvalue weighted by Gasteiger charge is -2.22. The third kappa shape index (κ3) is 4.04. The van der Waals surface area contributed by atoms with E-state index >= 15 is 0 Å². The molecular weight excluding hydrogens is 270 g/mol. The van der Waals surface area contributed by atoms with Crippen LogP contribution in [0.1, 0.15) is 31.4 Å². The molecule has 1 aliphatic rings. The van der Waals surface area contributed by atoms with Gasteiger partial charge in [0, 0.05) is 13.2 Å². The minimum Gasteiger partial charge on any atom is -0.446 e. The first kappa shape index (κ1) is 14.5. The first-order chi connectivity index (χ1) is 9.12. The van der Waals surface area contributed by atoms with E-state index in [1.165, 1.54) is 12.1 Å². The fraction of sp³-hybridized carbons (Fsp3) is 0.667. The number of nitrogens with one attached hydrogen (secondary N) is 1. The predicted molar refractivity (Wildman–Crippen MR) is 68.0 cm³/mol. The van der Waals surface area contributed by atoms with Crippen LogP contribution in [0.3, 0.4) is 0 Å². The van der Waals surface area contributed by atoms with Gasteiger partial charge < -0.3 is 14.3 Å². The number of ether oxygens (including phenoxy) is 1. The molecule has 6 nitrogen and oxygen atoms in total. The summed E-state index contributed by atoms with van der Waals surface area (Å²) in [5.74, 6) is 0.232. The topological polar surface area (TPSA) is 88.8 Å². The van der Waals surface area contributed by atoms with Gasteiger partial charge in [-0.1, -0.05) is 0 Å². The highest BCUT2D eigenvalue weighted by Crippen LogP contribution is 2.16. The third-order valence-electron chi connectivity index (χ3n) is 3.09. The molecule has 2 heterocycles. The molecule has 7 heteroatoms. The Kier molecular flexibility index (Phi) is 4.98. The summed E-state index contributed by atoms with van der Waals surface area (Å²) in [4.78, 5) is 0. The molecule has 1 aliphatic heterocycles. The van der Waals surface area contributed by atoms with Crippen molar-refractivity contribution >= 4 is 10.0 Å². The Bertz CT molecular complexity index is 490. The summed E-state index contributed by atoms with van der Waals surface area (Å²) in [5.41, 5.74) is 0. The molecular formula is C12H19NO5S. The second-order valence-corrected chi connectivity index (χ2v) is 6.25. The van der Waals surface area contributed by atoms with E-state index < -0.39 is 10.0 Å². The summed E-state index contributed by atoms with van der Waals surface area (Å²) in [6.45, 7) is 0.767. The van der Waals surface area contributed by atoms with Crippen LogP contribution in [-0.4, -0.2) is 32.8 Å². The minimum absolute atomic E-state index is 0.140. The van der Waals surface area contributed by atoms with E-state index in [9.17, 15) is 8.42 Å². The van der Waals surface area contributed by atoms with Gasteiger partial charge in [-0.3, -0.25) is 0 Å². The van der Waals surface area contributed by atoms with Gasteiger partial charge in [-0.15, -0.1) is 0 Å². The second kappa shape index (κ2) is 6.51. The van der Waals surface area contributed by atoms with E-state index in [1.54, 1.807) is 0 Å². The summed E-state index contributed by atoms with van der Waals surface area (Å²) in [5, 5.41) is 8.67. The molecule has 2 rings (SSSR count). The first-order valence-electron chi connectivity index (χ1n) is 6.42. The molecule has 2 N–H and O–H groups in total. The summed E-state index contributed by atoms with van der Waals surface area (Å²) >= 11 is 0. The van der Waals surface area contributed by atoms with Crippen LogP contribution in [-0.2, 0) is 21.4 Å². The van der Waals surface area contributed by atoms with Crippen molar-refractivity contribution in [3.8, 4) is 0 Å². The van der Waals surface area contributed by atoms with E-state index in [-0.39, 0.29) is 23.6 Å². The van der Waals surface area contributed by atoms with Gasteiger partial charge >= 0.3 is 0 Å². The Morgan fingerprint density at radius 1 is 1.37 bits per heavy atom. The number of sulfonamides is 1. The molecule has 1 fully saturated rings. The van der Waals surface area contributed by atoms with Crippen LogP contribution in [0.4, 0.5) is 0 Å². The van der Waals surface area contributed by atoms with Crippen LogP contribution in [0.15, 0.2) is 21.6 Å². The smallest absolute Gasteiger partial charge is 0.273 e. The van der Waals surface area contributed by atoms with Crippen LogP contribution in [0.25, 0.3) is 0 Å². The van der Waals surface area contributed by atoms with E-state index in [1.807, 2.05) is 0 Å². The monoisotopic (exact) mass is 289 g/mol. The molecule has 0 bridgehead atoms. The SMILES string of the molecule is O=S(=O)(NCCC1CCCCO1)c1ccc(CO)o1. The summed E-state index contributed by atoms with van der Waals surface area (Å²) in [6.07, 6.45) is 4.00. The third-order valence-corrected chi connectivity index (χ3v) is 4.42. The molecule has 1 atom stereocenters. The standard InChI is InChI=1S/C12H19NO5S/c14-9-11-4-5-12(18-11)19(15,16)13-7-6-10-3-1-2-8-17-10/h4-5,10,13-14H,1-3,6-9H2. The fourth-order valence-electron chi connectivity index (χ4n) is 2.05. The molecule has 0 radical (unpaired) electrons. The fourth-order valence-corrected chi connectivity index (χ4v) is 3.04. The lowest BCUT2D eigenvalue weighted by molar-refractivity contribution is 0.0123. The number of aliphatic hydroxyl groups excluding tert-OH is 1. The highest BCUT2D eigenvalue weighted by molar-refractivity contribution is 7.89. The largest absolute Gasteiger partial charge is 0.446 e. The first-order valence-corrected chi connectivity index (χ1v) is 7.91. The molecule has 1 aromatic rings. The van der Waals surface area contributed by atoms with Crippen molar-refractivity contribution in [1.29, 1.82) is 0 Å². The Balaban J connectivity index is 1.83. The quantitative estimate of drug-likeness (QED) is 0.816. The van der Waals surface area contributed by atoms with Crippen LogP contribution in [0.5, 0.6) is 0 Å². The van der Waals surface area contributed by atoms with Gasteiger partial charge in [-0.05, 0) is 37.8 Å². The zero-order valence-corrected chi connectivity index (χ0v) is 11.5. The molecule has 0 saturated carbocycles. The summed E-state index contributed by atoms with van der Waals surface area (Å²) < 4.78 is 36.8. The number of aliphatic hydroxyl groups is 1. The van der Waals surface area contributed by atoms with Crippen molar-refractivity contribution in [1.82, 2.24) is 4.72 Å². The molecule has 0 aromatic carbocycles. The van der Waals surface area contributed by atoms with E-state index in [4.69, 9.17) is 14.3 Å². The molecule has 19 heavy (non-hydrogen) atoms. The molecule has 0 amide bonds. The zero-order chi connectivity index (χ0) is 13.7. The van der Waals surface area contributed by atoms with Gasteiger partial charge in [0.15, 0.2) is 0 Å². The van der Waals surface area contributed by atoms with E-state index in [2.05, 4.69) is 4.72 Å². The summed E-state index contributed by atoms with van der Waals surface area (Å²) in [7, 11) is -3.63. The normalized spacial score (nSPS) is 20.6. The van der Waals surface area contributed by atoms with Crippen molar-refractivity contribution in [2.24, 2.45) is 0 Å². The number of rotatable bonds is 6. The Labute approximate surface area is 112 Å². The second-order valence-electron chi connectivity index (χ2n) is 4.55. The number of hydrogen-bond acceptors (Lipinski definition) is 5. The van der Waals surface area contributed by atoms with Gasteiger partial charge in [-0.25, -0.2) is 13.1 Å². The number of furan rings is 1. The van der Waals surface area contributed by atoms with Crippen LogP contribution >= 0.6 is 0 Å². The zero-order valence-electron chi connectivity index (χ0n) is 10.7. The van der Waals surface area contributed by atoms with Crippen molar-refractivity contribution in [2.75, 3.05) is 13.2 Å². The van der Waals surface area contributed by atoms with Crippen LogP contribution in [0.2, 0.25) is 0 Å².